The number of benzene rings is 13. The second-order valence-corrected chi connectivity index (χ2v) is 26.2. The molecule has 2 aliphatic heterocycles. The van der Waals surface area contributed by atoms with Crippen molar-refractivity contribution in [3.05, 3.63) is 236 Å². The van der Waals surface area contributed by atoms with Crippen LogP contribution in [0.2, 0.25) is 0 Å². The lowest BCUT2D eigenvalue weighted by molar-refractivity contribution is 0.590. The maximum atomic E-state index is 7.01. The van der Waals surface area contributed by atoms with Gasteiger partial charge in [0, 0.05) is 82.0 Å². The van der Waals surface area contributed by atoms with Gasteiger partial charge >= 0.3 is 0 Å². The summed E-state index contributed by atoms with van der Waals surface area (Å²) in [6, 6.07) is 84.7. The minimum atomic E-state index is -0.114. The van der Waals surface area contributed by atoms with Gasteiger partial charge in [-0.2, -0.15) is 0 Å². The SMILES string of the molecule is CC(C)(C)c1ccc2c(c1)c1cc(C(C)(C)C)cc3c1n2-c1cc(-c2c(-c4cccc5c4oc4ccccc45)cccc2-c2cccc4c2oc2ccccc24)cc2c1B3c1cccc3c4c5c6ccccc6c6ccccc6c5ccc4n-2c13. The van der Waals surface area contributed by atoms with Crippen LogP contribution in [0.4, 0.5) is 0 Å². The molecule has 13 aromatic carbocycles. The van der Waals surface area contributed by atoms with E-state index in [1.165, 1.54) is 115 Å². The Labute approximate surface area is 490 Å². The van der Waals surface area contributed by atoms with Crippen molar-refractivity contribution >= 4 is 143 Å². The van der Waals surface area contributed by atoms with Crippen LogP contribution in [0.5, 0.6) is 0 Å². The van der Waals surface area contributed by atoms with Gasteiger partial charge in [0.2, 0.25) is 0 Å². The van der Waals surface area contributed by atoms with Gasteiger partial charge in [-0.15, -0.1) is 0 Å². The summed E-state index contributed by atoms with van der Waals surface area (Å²) < 4.78 is 19.3. The van der Waals surface area contributed by atoms with E-state index in [-0.39, 0.29) is 17.5 Å². The average Bonchev–Trinajstić information content (AvgIpc) is 1.60. The Morgan fingerprint density at radius 3 is 1.42 bits per heavy atom. The van der Waals surface area contributed by atoms with E-state index in [1.54, 1.807) is 0 Å². The molecule has 4 aromatic heterocycles. The fourth-order valence-electron chi connectivity index (χ4n) is 15.8. The van der Waals surface area contributed by atoms with Gasteiger partial charge in [0.1, 0.15) is 22.3 Å². The molecule has 2 aliphatic rings. The molecule has 0 saturated heterocycles. The lowest BCUT2D eigenvalue weighted by Gasteiger charge is -2.35. The summed E-state index contributed by atoms with van der Waals surface area (Å²) in [4.78, 5) is 0. The molecule has 0 aliphatic carbocycles. The van der Waals surface area contributed by atoms with Crippen LogP contribution in [0.1, 0.15) is 52.7 Å². The number of furan rings is 2. The van der Waals surface area contributed by atoms with Gasteiger partial charge in [-0.05, 0) is 136 Å². The van der Waals surface area contributed by atoms with E-state index in [1.807, 2.05) is 0 Å². The zero-order valence-corrected chi connectivity index (χ0v) is 48.2. The summed E-state index contributed by atoms with van der Waals surface area (Å²) in [7, 11) is 0. The van der Waals surface area contributed by atoms with Crippen LogP contribution < -0.4 is 16.4 Å². The molecule has 6 heterocycles. The molecule has 17 aromatic rings. The van der Waals surface area contributed by atoms with E-state index in [4.69, 9.17) is 8.83 Å². The summed E-state index contributed by atoms with van der Waals surface area (Å²) in [5.41, 5.74) is 23.9. The fraction of sp³-hybridized carbons (Fsp3) is 0.100. The van der Waals surface area contributed by atoms with Crippen molar-refractivity contribution in [2.75, 3.05) is 0 Å². The first-order valence-corrected chi connectivity index (χ1v) is 30.0. The van der Waals surface area contributed by atoms with Crippen molar-refractivity contribution in [2.24, 2.45) is 0 Å². The largest absolute Gasteiger partial charge is 0.455 e. The summed E-state index contributed by atoms with van der Waals surface area (Å²) in [5, 5.41) is 17.2. The van der Waals surface area contributed by atoms with Gasteiger partial charge in [0.05, 0.1) is 11.0 Å². The van der Waals surface area contributed by atoms with E-state index in [0.29, 0.717) is 0 Å². The lowest BCUT2D eigenvalue weighted by atomic mass is 9.34. The van der Waals surface area contributed by atoms with Crippen molar-refractivity contribution in [2.45, 2.75) is 52.4 Å². The average molecular weight is 1090 g/mol. The molecule has 0 saturated carbocycles. The van der Waals surface area contributed by atoms with Crippen molar-refractivity contribution in [3.63, 3.8) is 0 Å². The first-order chi connectivity index (χ1) is 41.5. The van der Waals surface area contributed by atoms with Crippen molar-refractivity contribution in [1.82, 2.24) is 9.13 Å². The number of aromatic nitrogens is 2. The Balaban J connectivity index is 1.02. The molecule has 0 N–H and O–H groups in total. The van der Waals surface area contributed by atoms with Gasteiger partial charge in [-0.25, -0.2) is 0 Å². The number of hydrogen-bond acceptors (Lipinski definition) is 2. The monoisotopic (exact) mass is 1090 g/mol. The number of para-hydroxylation sites is 5. The molecule has 400 valence electrons. The highest BCUT2D eigenvalue weighted by molar-refractivity contribution is 7.00. The van der Waals surface area contributed by atoms with E-state index < -0.39 is 0 Å². The molecule has 19 rings (SSSR count). The summed E-state index contributed by atoms with van der Waals surface area (Å²) >= 11 is 0. The molecule has 0 fully saturated rings. The highest BCUT2D eigenvalue weighted by Gasteiger charge is 2.43. The summed E-state index contributed by atoms with van der Waals surface area (Å²) in [6.45, 7) is 14.1. The molecule has 0 atom stereocenters. The van der Waals surface area contributed by atoms with Crippen LogP contribution >= 0.6 is 0 Å². The molecule has 4 nitrogen and oxygen atoms in total. The predicted octanol–water partition coefficient (Wildman–Crippen LogP) is 19.9. The van der Waals surface area contributed by atoms with Gasteiger partial charge in [-0.3, -0.25) is 0 Å². The predicted molar refractivity (Wildman–Crippen MR) is 361 cm³/mol. The molecular weight excluding hydrogens is 1030 g/mol. The summed E-state index contributed by atoms with van der Waals surface area (Å²) in [6.07, 6.45) is 0. The zero-order chi connectivity index (χ0) is 56.5. The molecule has 0 unspecified atom stereocenters. The molecule has 0 radical (unpaired) electrons. The Kier molecular flexibility index (Phi) is 9.13. The first kappa shape index (κ1) is 47.4. The topological polar surface area (TPSA) is 36.1 Å². The zero-order valence-electron chi connectivity index (χ0n) is 48.2. The second kappa shape index (κ2) is 16.4. The Morgan fingerprint density at radius 2 is 0.800 bits per heavy atom. The van der Waals surface area contributed by atoms with Gasteiger partial charge in [0.25, 0.3) is 6.71 Å². The van der Waals surface area contributed by atoms with Crippen molar-refractivity contribution in [3.8, 4) is 44.8 Å². The smallest absolute Gasteiger partial charge is 0.252 e. The third-order valence-electron chi connectivity index (χ3n) is 19.6. The lowest BCUT2D eigenvalue weighted by Crippen LogP contribution is -2.59. The quantitative estimate of drug-likeness (QED) is 0.131. The molecule has 0 bridgehead atoms. The van der Waals surface area contributed by atoms with Crippen LogP contribution in [0.25, 0.3) is 165 Å². The molecule has 0 amide bonds. The molecule has 5 heteroatoms. The molecule has 0 spiro atoms. The van der Waals surface area contributed by atoms with Gasteiger partial charge < -0.3 is 18.0 Å². The minimum absolute atomic E-state index is 0.0511. The van der Waals surface area contributed by atoms with Crippen molar-refractivity contribution in [1.29, 1.82) is 0 Å². The highest BCUT2D eigenvalue weighted by atomic mass is 16.3. The summed E-state index contributed by atoms with van der Waals surface area (Å²) in [5.74, 6) is 0. The molecule has 85 heavy (non-hydrogen) atoms. The van der Waals surface area contributed by atoms with Crippen LogP contribution in [-0.4, -0.2) is 15.8 Å². The second-order valence-electron chi connectivity index (χ2n) is 26.2. The minimum Gasteiger partial charge on any atom is -0.455 e. The first-order valence-electron chi connectivity index (χ1n) is 30.0. The standard InChI is InChI=1S/C80H55BN2O2/c1-79(2,3)45-35-37-65-61(41-45)62-42-46(80(4,5)6)43-64-76(62)82(65)67-39-44(40-68-74(67)81(64)63-32-18-31-60-73-66(83(68)75(60)63)38-36-55-49-21-8-7-19-47(49)48-20-9-10-24-52(48)72(55)73)71-53(58-29-16-27-56-50-22-11-13-33-69(50)84-77(56)58)25-15-26-54(71)59-30-17-28-57-51-23-12-14-34-70(51)85-78(57)59/h7-43H,1-6H3. The van der Waals surface area contributed by atoms with Crippen LogP contribution in [0, 0.1) is 0 Å². The van der Waals surface area contributed by atoms with E-state index in [2.05, 4.69) is 275 Å². The Morgan fingerprint density at radius 1 is 0.329 bits per heavy atom. The van der Waals surface area contributed by atoms with Crippen LogP contribution in [-0.2, 0) is 10.8 Å². The van der Waals surface area contributed by atoms with Crippen LogP contribution in [0.3, 0.4) is 0 Å². The Hall–Kier alpha value is -10.1. The number of fused-ring (bicyclic) bond motifs is 23. The number of nitrogens with zero attached hydrogens (tertiary/aromatic N) is 2. The number of hydrogen-bond donors (Lipinski definition) is 0. The van der Waals surface area contributed by atoms with Crippen LogP contribution in [0.15, 0.2) is 233 Å². The van der Waals surface area contributed by atoms with Gasteiger partial charge in [0.15, 0.2) is 0 Å². The molecular formula is C80H55BN2O2. The third-order valence-corrected chi connectivity index (χ3v) is 19.6. The maximum Gasteiger partial charge on any atom is 0.252 e. The van der Waals surface area contributed by atoms with E-state index in [9.17, 15) is 0 Å². The van der Waals surface area contributed by atoms with E-state index >= 15 is 0 Å². The maximum absolute atomic E-state index is 7.01. The highest BCUT2D eigenvalue weighted by Crippen LogP contribution is 2.51. The van der Waals surface area contributed by atoms with Crippen molar-refractivity contribution < 1.29 is 8.83 Å². The number of rotatable bonds is 3. The fourth-order valence-corrected chi connectivity index (χ4v) is 15.8. The normalized spacial score (nSPS) is 13.3. The van der Waals surface area contributed by atoms with Gasteiger partial charge in [-0.1, -0.05) is 217 Å². The van der Waals surface area contributed by atoms with E-state index in [0.717, 1.165) is 77.3 Å². The Bertz CT molecular complexity index is 5720. The third kappa shape index (κ3) is 6.22.